The molecule has 5 nitrogen and oxygen atoms in total. The Bertz CT molecular complexity index is 427. The van der Waals surface area contributed by atoms with Crippen molar-refractivity contribution in [3.63, 3.8) is 0 Å². The molecule has 1 fully saturated rings. The minimum absolute atomic E-state index is 0.136. The number of phenolic OH excluding ortho intramolecular Hbond substituents is 1. The fourth-order valence-electron chi connectivity index (χ4n) is 2.32. The van der Waals surface area contributed by atoms with Gasteiger partial charge in [-0.05, 0) is 42.9 Å². The first-order valence-electron chi connectivity index (χ1n) is 7.04. The van der Waals surface area contributed by atoms with Crippen LogP contribution >= 0.6 is 0 Å². The largest absolute Gasteiger partial charge is 0.508 e. The molecular weight excluding hydrogens is 256 g/mol. The Kier molecular flexibility index (Phi) is 5.38. The lowest BCUT2D eigenvalue weighted by atomic mass is 10.0. The summed E-state index contributed by atoms with van der Waals surface area (Å²) in [6, 6.07) is 6.18. The summed E-state index contributed by atoms with van der Waals surface area (Å²) in [5.41, 5.74) is 6.83. The maximum absolute atomic E-state index is 11.9. The van der Waals surface area contributed by atoms with Gasteiger partial charge in [0.15, 0.2) is 0 Å². The number of phenols is 1. The van der Waals surface area contributed by atoms with Crippen LogP contribution in [0.5, 0.6) is 5.75 Å². The predicted molar refractivity (Wildman–Crippen MR) is 76.3 cm³/mol. The number of aromatic hydroxyl groups is 1. The van der Waals surface area contributed by atoms with Crippen LogP contribution in [0.25, 0.3) is 0 Å². The monoisotopic (exact) mass is 278 g/mol. The molecule has 0 aromatic heterocycles. The van der Waals surface area contributed by atoms with Crippen molar-refractivity contribution in [3.8, 4) is 5.75 Å². The number of hydrogen-bond acceptors (Lipinski definition) is 4. The SMILES string of the molecule is N[C@@H](Cc1ccc(O)cc1)C(=O)NCC1CCCOC1. The Morgan fingerprint density at radius 3 is 2.85 bits per heavy atom. The van der Waals surface area contributed by atoms with Crippen molar-refractivity contribution in [2.45, 2.75) is 25.3 Å². The molecule has 1 saturated heterocycles. The van der Waals surface area contributed by atoms with Crippen LogP contribution in [0.3, 0.4) is 0 Å². The molecule has 0 saturated carbocycles. The Labute approximate surface area is 119 Å². The van der Waals surface area contributed by atoms with Gasteiger partial charge in [-0.2, -0.15) is 0 Å². The summed E-state index contributed by atoms with van der Waals surface area (Å²) < 4.78 is 5.38. The molecule has 5 heteroatoms. The van der Waals surface area contributed by atoms with Gasteiger partial charge in [0.25, 0.3) is 0 Å². The molecule has 0 bridgehead atoms. The van der Waals surface area contributed by atoms with Gasteiger partial charge in [0.2, 0.25) is 5.91 Å². The summed E-state index contributed by atoms with van der Waals surface area (Å²) in [5.74, 6) is 0.473. The van der Waals surface area contributed by atoms with Crippen molar-refractivity contribution in [2.75, 3.05) is 19.8 Å². The van der Waals surface area contributed by atoms with E-state index in [0.717, 1.165) is 25.0 Å². The molecule has 2 atom stereocenters. The highest BCUT2D eigenvalue weighted by atomic mass is 16.5. The summed E-state index contributed by atoms with van der Waals surface area (Å²) in [7, 11) is 0. The topological polar surface area (TPSA) is 84.6 Å². The Morgan fingerprint density at radius 2 is 2.20 bits per heavy atom. The molecule has 0 aliphatic carbocycles. The van der Waals surface area contributed by atoms with E-state index in [1.165, 1.54) is 0 Å². The van der Waals surface area contributed by atoms with Crippen LogP contribution in [-0.4, -0.2) is 36.8 Å². The van der Waals surface area contributed by atoms with Gasteiger partial charge in [0.05, 0.1) is 12.6 Å². The second-order valence-corrected chi connectivity index (χ2v) is 5.31. The number of nitrogens with one attached hydrogen (secondary N) is 1. The smallest absolute Gasteiger partial charge is 0.237 e. The first-order valence-corrected chi connectivity index (χ1v) is 7.04. The number of carbonyl (C=O) groups is 1. The highest BCUT2D eigenvalue weighted by Crippen LogP contribution is 2.13. The van der Waals surface area contributed by atoms with E-state index in [9.17, 15) is 9.90 Å². The molecular formula is C15H22N2O3. The second-order valence-electron chi connectivity index (χ2n) is 5.31. The summed E-state index contributed by atoms with van der Waals surface area (Å²) >= 11 is 0. The van der Waals surface area contributed by atoms with Crippen molar-refractivity contribution in [1.82, 2.24) is 5.32 Å². The van der Waals surface area contributed by atoms with Crippen LogP contribution in [0.1, 0.15) is 18.4 Å². The van der Waals surface area contributed by atoms with Gasteiger partial charge in [-0.25, -0.2) is 0 Å². The molecule has 1 amide bonds. The molecule has 110 valence electrons. The van der Waals surface area contributed by atoms with Crippen molar-refractivity contribution < 1.29 is 14.6 Å². The zero-order chi connectivity index (χ0) is 14.4. The number of carbonyl (C=O) groups excluding carboxylic acids is 1. The minimum atomic E-state index is -0.566. The van der Waals surface area contributed by atoms with E-state index in [-0.39, 0.29) is 11.7 Å². The third-order valence-corrected chi connectivity index (χ3v) is 3.55. The Morgan fingerprint density at radius 1 is 1.45 bits per heavy atom. The lowest BCUT2D eigenvalue weighted by Crippen LogP contribution is -2.44. The third-order valence-electron chi connectivity index (χ3n) is 3.55. The molecule has 0 radical (unpaired) electrons. The highest BCUT2D eigenvalue weighted by Gasteiger charge is 2.18. The predicted octanol–water partition coefficient (Wildman–Crippen LogP) is 0.805. The normalized spacial score (nSPS) is 20.4. The van der Waals surface area contributed by atoms with Gasteiger partial charge < -0.3 is 20.9 Å². The molecule has 4 N–H and O–H groups in total. The average molecular weight is 278 g/mol. The molecule has 1 heterocycles. The number of amides is 1. The van der Waals surface area contributed by atoms with Gasteiger partial charge in [0, 0.05) is 13.2 Å². The number of nitrogens with two attached hydrogens (primary N) is 1. The number of ether oxygens (including phenoxy) is 1. The maximum Gasteiger partial charge on any atom is 0.237 e. The second kappa shape index (κ2) is 7.26. The van der Waals surface area contributed by atoms with Crippen LogP contribution in [-0.2, 0) is 16.0 Å². The standard InChI is InChI=1S/C15H22N2O3/c16-14(8-11-3-5-13(18)6-4-11)15(19)17-9-12-2-1-7-20-10-12/h3-6,12,14,18H,1-2,7-10,16H2,(H,17,19)/t12?,14-/m0/s1. The van der Waals surface area contributed by atoms with E-state index in [0.29, 0.717) is 25.5 Å². The van der Waals surface area contributed by atoms with Crippen LogP contribution in [0.4, 0.5) is 0 Å². The van der Waals surface area contributed by atoms with Gasteiger partial charge in [-0.15, -0.1) is 0 Å². The van der Waals surface area contributed by atoms with E-state index < -0.39 is 6.04 Å². The van der Waals surface area contributed by atoms with Crippen molar-refractivity contribution in [3.05, 3.63) is 29.8 Å². The van der Waals surface area contributed by atoms with Crippen LogP contribution in [0, 0.1) is 5.92 Å². The molecule has 1 aromatic carbocycles. The van der Waals surface area contributed by atoms with Crippen molar-refractivity contribution in [2.24, 2.45) is 11.7 Å². The number of rotatable bonds is 5. The Balaban J connectivity index is 1.75. The van der Waals surface area contributed by atoms with E-state index in [1.54, 1.807) is 24.3 Å². The van der Waals surface area contributed by atoms with Crippen LogP contribution < -0.4 is 11.1 Å². The van der Waals surface area contributed by atoms with E-state index in [2.05, 4.69) is 5.32 Å². The lowest BCUT2D eigenvalue weighted by molar-refractivity contribution is -0.122. The molecule has 1 aromatic rings. The van der Waals surface area contributed by atoms with Crippen LogP contribution in [0.2, 0.25) is 0 Å². The summed E-state index contributed by atoms with van der Waals surface area (Å²) in [6.07, 6.45) is 2.61. The minimum Gasteiger partial charge on any atom is -0.508 e. The van der Waals surface area contributed by atoms with Crippen molar-refractivity contribution >= 4 is 5.91 Å². The highest BCUT2D eigenvalue weighted by molar-refractivity contribution is 5.81. The first kappa shape index (κ1) is 14.8. The first-order chi connectivity index (χ1) is 9.65. The fraction of sp³-hybridized carbons (Fsp3) is 0.533. The molecule has 1 aliphatic rings. The zero-order valence-corrected chi connectivity index (χ0v) is 11.5. The number of benzene rings is 1. The third kappa shape index (κ3) is 4.51. The fourth-order valence-corrected chi connectivity index (χ4v) is 2.32. The van der Waals surface area contributed by atoms with E-state index in [1.807, 2.05) is 0 Å². The molecule has 2 rings (SSSR count). The summed E-state index contributed by atoms with van der Waals surface area (Å²) in [5, 5.41) is 12.1. The maximum atomic E-state index is 11.9. The lowest BCUT2D eigenvalue weighted by Gasteiger charge is -2.23. The molecule has 1 aliphatic heterocycles. The van der Waals surface area contributed by atoms with Gasteiger partial charge in [0.1, 0.15) is 5.75 Å². The van der Waals surface area contributed by atoms with Crippen LogP contribution in [0.15, 0.2) is 24.3 Å². The molecule has 20 heavy (non-hydrogen) atoms. The quantitative estimate of drug-likeness (QED) is 0.744. The summed E-state index contributed by atoms with van der Waals surface area (Å²) in [4.78, 5) is 11.9. The van der Waals surface area contributed by atoms with E-state index >= 15 is 0 Å². The Hall–Kier alpha value is -1.59. The van der Waals surface area contributed by atoms with Gasteiger partial charge in [-0.3, -0.25) is 4.79 Å². The number of hydrogen-bond donors (Lipinski definition) is 3. The average Bonchev–Trinajstić information content (AvgIpc) is 2.48. The summed E-state index contributed by atoms with van der Waals surface area (Å²) in [6.45, 7) is 2.17. The van der Waals surface area contributed by atoms with Crippen molar-refractivity contribution in [1.29, 1.82) is 0 Å². The molecule has 0 spiro atoms. The van der Waals surface area contributed by atoms with Gasteiger partial charge in [-0.1, -0.05) is 12.1 Å². The van der Waals surface area contributed by atoms with Gasteiger partial charge >= 0.3 is 0 Å². The molecule has 1 unspecified atom stereocenters. The zero-order valence-electron chi connectivity index (χ0n) is 11.5. The van der Waals surface area contributed by atoms with E-state index in [4.69, 9.17) is 10.5 Å².